The zero-order valence-electron chi connectivity index (χ0n) is 16.9. The van der Waals surface area contributed by atoms with Gasteiger partial charge in [0.2, 0.25) is 5.91 Å². The Morgan fingerprint density at radius 1 is 1.10 bits per heavy atom. The number of rotatable bonds is 9. The van der Waals surface area contributed by atoms with Gasteiger partial charge in [-0.1, -0.05) is 18.2 Å². The normalized spacial score (nSPS) is 11.0. The van der Waals surface area contributed by atoms with Gasteiger partial charge in [0.1, 0.15) is 0 Å². The van der Waals surface area contributed by atoms with E-state index in [2.05, 4.69) is 15.4 Å². The number of alkyl halides is 2. The van der Waals surface area contributed by atoms with Gasteiger partial charge in [0.15, 0.2) is 11.5 Å². The fourth-order valence-corrected chi connectivity index (χ4v) is 2.57. The van der Waals surface area contributed by atoms with Gasteiger partial charge in [-0.2, -0.15) is 8.78 Å². The molecule has 0 aliphatic rings. The predicted octanol–water partition coefficient (Wildman–Crippen LogP) is 4.48. The second kappa shape index (κ2) is 10.9. The molecule has 0 spiro atoms. The molecular weight excluding hydrogens is 394 g/mol. The fraction of sp³-hybridized carbons (Fsp3) is 0.273. The first-order valence-electron chi connectivity index (χ1n) is 9.40. The number of benzene rings is 2. The molecule has 160 valence electrons. The number of halogens is 2. The monoisotopic (exact) mass is 418 g/mol. The van der Waals surface area contributed by atoms with Gasteiger partial charge < -0.3 is 20.1 Å². The lowest BCUT2D eigenvalue weighted by Crippen LogP contribution is -2.30. The molecule has 0 aromatic heterocycles. The Balaban J connectivity index is 2.13. The molecule has 0 radical (unpaired) electrons. The van der Waals surface area contributed by atoms with Crippen molar-refractivity contribution in [3.63, 3.8) is 0 Å². The summed E-state index contributed by atoms with van der Waals surface area (Å²) in [4.78, 5) is 24.6. The third kappa shape index (κ3) is 6.88. The van der Waals surface area contributed by atoms with Crippen LogP contribution in [0.1, 0.15) is 36.7 Å². The number of hydrogen-bond donors (Lipinski definition) is 2. The Morgan fingerprint density at radius 3 is 2.50 bits per heavy atom. The van der Waals surface area contributed by atoms with Crippen molar-refractivity contribution in [1.82, 2.24) is 5.32 Å². The van der Waals surface area contributed by atoms with Crippen molar-refractivity contribution >= 4 is 23.6 Å². The van der Waals surface area contributed by atoms with Crippen molar-refractivity contribution < 1.29 is 27.8 Å². The Morgan fingerprint density at radius 2 is 1.83 bits per heavy atom. The molecular formula is C22H24F2N2O4. The van der Waals surface area contributed by atoms with E-state index >= 15 is 0 Å². The van der Waals surface area contributed by atoms with Crippen LogP contribution in [-0.4, -0.2) is 31.1 Å². The van der Waals surface area contributed by atoms with Gasteiger partial charge in [-0.25, -0.2) is 0 Å². The molecule has 2 aromatic rings. The minimum absolute atomic E-state index is 0.0438. The first-order chi connectivity index (χ1) is 14.3. The number of anilines is 1. The van der Waals surface area contributed by atoms with Crippen LogP contribution in [0, 0.1) is 0 Å². The summed E-state index contributed by atoms with van der Waals surface area (Å²) >= 11 is 0. The van der Waals surface area contributed by atoms with E-state index in [4.69, 9.17) is 4.74 Å². The van der Waals surface area contributed by atoms with E-state index in [1.165, 1.54) is 30.4 Å². The van der Waals surface area contributed by atoms with E-state index in [1.54, 1.807) is 31.2 Å². The maximum atomic E-state index is 12.5. The van der Waals surface area contributed by atoms with Crippen molar-refractivity contribution in [2.75, 3.05) is 11.9 Å². The van der Waals surface area contributed by atoms with E-state index in [9.17, 15) is 18.4 Å². The molecule has 0 unspecified atom stereocenters. The highest BCUT2D eigenvalue weighted by Crippen LogP contribution is 2.30. The van der Waals surface area contributed by atoms with Crippen LogP contribution >= 0.6 is 0 Å². The predicted molar refractivity (Wildman–Crippen MR) is 111 cm³/mol. The number of carbonyl (C=O) groups excluding carboxylic acids is 2. The Bertz CT molecular complexity index is 914. The van der Waals surface area contributed by atoms with Crippen molar-refractivity contribution in [1.29, 1.82) is 0 Å². The second-order valence-electron chi connectivity index (χ2n) is 6.51. The number of nitrogens with one attached hydrogen (secondary N) is 2. The first-order valence-corrected chi connectivity index (χ1v) is 9.40. The number of amides is 2. The van der Waals surface area contributed by atoms with Crippen LogP contribution in [0.2, 0.25) is 0 Å². The zero-order valence-corrected chi connectivity index (χ0v) is 16.9. The largest absolute Gasteiger partial charge is 0.490 e. The molecule has 8 heteroatoms. The fourth-order valence-electron chi connectivity index (χ4n) is 2.57. The Kier molecular flexibility index (Phi) is 8.34. The van der Waals surface area contributed by atoms with Crippen LogP contribution in [0.25, 0.3) is 6.08 Å². The summed E-state index contributed by atoms with van der Waals surface area (Å²) in [6.07, 6.45) is 2.77. The molecule has 0 bridgehead atoms. The topological polar surface area (TPSA) is 76.7 Å². The highest BCUT2D eigenvalue weighted by atomic mass is 19.3. The SMILES string of the molecule is CCOc1cc(/C=C/C(=O)Nc2ccccc2C(=O)NC(C)C)ccc1OC(F)F. The van der Waals surface area contributed by atoms with Gasteiger partial charge in [0.05, 0.1) is 17.9 Å². The van der Waals surface area contributed by atoms with Crippen LogP contribution in [-0.2, 0) is 4.79 Å². The smallest absolute Gasteiger partial charge is 0.387 e. The summed E-state index contributed by atoms with van der Waals surface area (Å²) < 4.78 is 34.7. The van der Waals surface area contributed by atoms with Crippen LogP contribution in [0.5, 0.6) is 11.5 Å². The molecule has 6 nitrogen and oxygen atoms in total. The first kappa shape index (κ1) is 22.9. The number of para-hydroxylation sites is 1. The van der Waals surface area contributed by atoms with E-state index < -0.39 is 12.5 Å². The minimum atomic E-state index is -2.97. The van der Waals surface area contributed by atoms with Crippen molar-refractivity contribution in [3.8, 4) is 11.5 Å². The molecule has 0 aliphatic carbocycles. The van der Waals surface area contributed by atoms with E-state index in [0.29, 0.717) is 16.8 Å². The van der Waals surface area contributed by atoms with Gasteiger partial charge in [0, 0.05) is 12.1 Å². The average Bonchev–Trinajstić information content (AvgIpc) is 2.68. The van der Waals surface area contributed by atoms with E-state index in [-0.39, 0.29) is 30.1 Å². The van der Waals surface area contributed by atoms with E-state index in [1.807, 2.05) is 13.8 Å². The average molecular weight is 418 g/mol. The molecule has 2 amide bonds. The Labute approximate surface area is 173 Å². The molecule has 0 saturated carbocycles. The van der Waals surface area contributed by atoms with Crippen LogP contribution in [0.3, 0.4) is 0 Å². The zero-order chi connectivity index (χ0) is 22.1. The molecule has 0 atom stereocenters. The van der Waals surface area contributed by atoms with Crippen molar-refractivity contribution in [2.24, 2.45) is 0 Å². The van der Waals surface area contributed by atoms with Gasteiger partial charge in [-0.3, -0.25) is 9.59 Å². The van der Waals surface area contributed by atoms with Crippen LogP contribution < -0.4 is 20.1 Å². The maximum absolute atomic E-state index is 12.5. The lowest BCUT2D eigenvalue weighted by atomic mass is 10.1. The molecule has 0 aliphatic heterocycles. The quantitative estimate of drug-likeness (QED) is 0.589. The number of hydrogen-bond acceptors (Lipinski definition) is 4. The molecule has 2 aromatic carbocycles. The minimum Gasteiger partial charge on any atom is -0.490 e. The summed E-state index contributed by atoms with van der Waals surface area (Å²) in [5.41, 5.74) is 1.28. The molecule has 2 N–H and O–H groups in total. The summed E-state index contributed by atoms with van der Waals surface area (Å²) in [7, 11) is 0. The van der Waals surface area contributed by atoms with Gasteiger partial charge in [0.25, 0.3) is 5.91 Å². The van der Waals surface area contributed by atoms with Crippen LogP contribution in [0.15, 0.2) is 48.5 Å². The summed E-state index contributed by atoms with van der Waals surface area (Å²) in [5.74, 6) is -0.680. The summed E-state index contributed by atoms with van der Waals surface area (Å²) in [5, 5.41) is 5.45. The van der Waals surface area contributed by atoms with Crippen LogP contribution in [0.4, 0.5) is 14.5 Å². The maximum Gasteiger partial charge on any atom is 0.387 e. The molecule has 2 rings (SSSR count). The number of ether oxygens (including phenoxy) is 2. The highest BCUT2D eigenvalue weighted by molar-refractivity contribution is 6.07. The summed E-state index contributed by atoms with van der Waals surface area (Å²) in [6, 6.07) is 11.0. The third-order valence-electron chi connectivity index (χ3n) is 3.76. The lowest BCUT2D eigenvalue weighted by molar-refractivity contribution is -0.111. The second-order valence-corrected chi connectivity index (χ2v) is 6.51. The number of carbonyl (C=O) groups is 2. The summed E-state index contributed by atoms with van der Waals surface area (Å²) in [6.45, 7) is 2.70. The van der Waals surface area contributed by atoms with Gasteiger partial charge in [-0.15, -0.1) is 0 Å². The van der Waals surface area contributed by atoms with Crippen molar-refractivity contribution in [2.45, 2.75) is 33.4 Å². The van der Waals surface area contributed by atoms with Gasteiger partial charge in [-0.05, 0) is 56.7 Å². The molecule has 0 fully saturated rings. The molecule has 30 heavy (non-hydrogen) atoms. The van der Waals surface area contributed by atoms with Crippen molar-refractivity contribution in [3.05, 3.63) is 59.7 Å². The molecule has 0 heterocycles. The van der Waals surface area contributed by atoms with E-state index in [0.717, 1.165) is 0 Å². The molecule has 0 saturated heterocycles. The standard InChI is InChI=1S/C22H24F2N2O4/c1-4-29-19-13-15(9-11-18(19)30-22(23)24)10-12-20(27)26-17-8-6-5-7-16(17)21(28)25-14(2)3/h5-14,22H,4H2,1-3H3,(H,25,28)(H,26,27)/b12-10+. The third-order valence-corrected chi connectivity index (χ3v) is 3.76. The lowest BCUT2D eigenvalue weighted by Gasteiger charge is -2.12. The highest BCUT2D eigenvalue weighted by Gasteiger charge is 2.13. The Hall–Kier alpha value is -3.42. The van der Waals surface area contributed by atoms with Gasteiger partial charge >= 0.3 is 6.61 Å².